The van der Waals surface area contributed by atoms with Crippen molar-refractivity contribution < 1.29 is 14.3 Å². The Morgan fingerprint density at radius 2 is 1.95 bits per heavy atom. The van der Waals surface area contributed by atoms with Crippen molar-refractivity contribution in [1.29, 1.82) is 0 Å². The summed E-state index contributed by atoms with van der Waals surface area (Å²) in [5, 5.41) is 0. The number of amides is 1. The molecule has 0 bridgehead atoms. The summed E-state index contributed by atoms with van der Waals surface area (Å²) in [5.41, 5.74) is 0.124. The smallest absolute Gasteiger partial charge is 0.410 e. The number of Topliss-reactive ketones (excluding diaryl/α,β-unsaturated/α-hetero) is 1. The molecule has 2 rings (SSSR count). The first kappa shape index (κ1) is 16.5. The summed E-state index contributed by atoms with van der Waals surface area (Å²) in [5.74, 6) is 0.0443. The summed E-state index contributed by atoms with van der Waals surface area (Å²) in [6.07, 6.45) is 6.07. The molecule has 1 aliphatic heterocycles. The molecule has 1 fully saturated rings. The van der Waals surface area contributed by atoms with E-state index in [-0.39, 0.29) is 17.9 Å². The van der Waals surface area contributed by atoms with E-state index in [9.17, 15) is 9.59 Å². The van der Waals surface area contributed by atoms with Crippen LogP contribution in [0.4, 0.5) is 4.79 Å². The van der Waals surface area contributed by atoms with Gasteiger partial charge >= 0.3 is 6.09 Å². The van der Waals surface area contributed by atoms with E-state index in [4.69, 9.17) is 4.74 Å². The Kier molecular flexibility index (Phi) is 5.16. The van der Waals surface area contributed by atoms with Gasteiger partial charge < -0.3 is 9.64 Å². The summed E-state index contributed by atoms with van der Waals surface area (Å²) >= 11 is 0. The Labute approximate surface area is 131 Å². The van der Waals surface area contributed by atoms with E-state index in [1.807, 2.05) is 20.8 Å². The molecule has 120 valence electrons. The molecule has 1 aromatic rings. The van der Waals surface area contributed by atoms with Crippen molar-refractivity contribution in [2.24, 2.45) is 0 Å². The third kappa shape index (κ3) is 4.55. The van der Waals surface area contributed by atoms with Crippen LogP contribution in [0.25, 0.3) is 0 Å². The molecule has 0 saturated carbocycles. The van der Waals surface area contributed by atoms with Gasteiger partial charge in [0.1, 0.15) is 5.60 Å². The van der Waals surface area contributed by atoms with E-state index in [0.29, 0.717) is 18.5 Å². The van der Waals surface area contributed by atoms with Crippen molar-refractivity contribution in [1.82, 2.24) is 9.88 Å². The second-order valence-corrected chi connectivity index (χ2v) is 6.69. The molecule has 0 aromatic carbocycles. The van der Waals surface area contributed by atoms with Crippen molar-refractivity contribution >= 4 is 11.9 Å². The van der Waals surface area contributed by atoms with Gasteiger partial charge in [0, 0.05) is 37.0 Å². The molecule has 1 atom stereocenters. The van der Waals surface area contributed by atoms with Crippen LogP contribution in [0, 0.1) is 0 Å². The van der Waals surface area contributed by atoms with Gasteiger partial charge in [0.2, 0.25) is 0 Å². The number of carbonyl (C=O) groups excluding carboxylic acids is 2. The first-order valence-electron chi connectivity index (χ1n) is 7.79. The number of hydrogen-bond donors (Lipinski definition) is 0. The molecule has 5 nitrogen and oxygen atoms in total. The molecular weight excluding hydrogens is 280 g/mol. The maximum absolute atomic E-state index is 12.4. The molecule has 1 amide bonds. The van der Waals surface area contributed by atoms with Gasteiger partial charge in [0.15, 0.2) is 5.78 Å². The summed E-state index contributed by atoms with van der Waals surface area (Å²) in [7, 11) is 0. The van der Waals surface area contributed by atoms with Gasteiger partial charge in [-0.1, -0.05) is 0 Å². The van der Waals surface area contributed by atoms with Gasteiger partial charge in [-0.15, -0.1) is 0 Å². The van der Waals surface area contributed by atoms with Gasteiger partial charge in [-0.3, -0.25) is 9.78 Å². The van der Waals surface area contributed by atoms with Crippen LogP contribution in [0.3, 0.4) is 0 Å². The molecule has 2 heterocycles. The second-order valence-electron chi connectivity index (χ2n) is 6.69. The number of pyridine rings is 1. The van der Waals surface area contributed by atoms with E-state index in [2.05, 4.69) is 4.98 Å². The summed E-state index contributed by atoms with van der Waals surface area (Å²) in [6, 6.07) is 3.34. The topological polar surface area (TPSA) is 59.5 Å². The monoisotopic (exact) mass is 304 g/mol. The zero-order valence-electron chi connectivity index (χ0n) is 13.5. The highest BCUT2D eigenvalue weighted by Crippen LogP contribution is 2.23. The Morgan fingerprint density at radius 1 is 1.27 bits per heavy atom. The molecule has 0 aliphatic carbocycles. The molecule has 0 spiro atoms. The Balaban J connectivity index is 2.04. The van der Waals surface area contributed by atoms with Crippen LogP contribution in [0.2, 0.25) is 0 Å². The SMILES string of the molecule is CC(C)(C)OC(=O)N1CCCCC1CC(=O)c1ccncc1. The van der Waals surface area contributed by atoms with Gasteiger partial charge in [-0.05, 0) is 52.2 Å². The molecular formula is C17H24N2O3. The minimum absolute atomic E-state index is 0.0443. The van der Waals surface area contributed by atoms with Crippen molar-refractivity contribution in [3.63, 3.8) is 0 Å². The summed E-state index contributed by atoms with van der Waals surface area (Å²) in [6.45, 7) is 6.22. The number of carbonyl (C=O) groups is 2. The van der Waals surface area contributed by atoms with Crippen molar-refractivity contribution in [2.45, 2.75) is 58.1 Å². The fraction of sp³-hybridized carbons (Fsp3) is 0.588. The quantitative estimate of drug-likeness (QED) is 0.803. The van der Waals surface area contributed by atoms with Gasteiger partial charge in [-0.2, -0.15) is 0 Å². The van der Waals surface area contributed by atoms with E-state index in [0.717, 1.165) is 19.3 Å². The van der Waals surface area contributed by atoms with Gasteiger partial charge in [0.05, 0.1) is 0 Å². The van der Waals surface area contributed by atoms with Crippen LogP contribution < -0.4 is 0 Å². The zero-order chi connectivity index (χ0) is 16.2. The maximum Gasteiger partial charge on any atom is 0.410 e. The Morgan fingerprint density at radius 3 is 2.59 bits per heavy atom. The number of rotatable bonds is 3. The summed E-state index contributed by atoms with van der Waals surface area (Å²) in [4.78, 5) is 30.3. The lowest BCUT2D eigenvalue weighted by atomic mass is 9.96. The fourth-order valence-electron chi connectivity index (χ4n) is 2.64. The molecule has 5 heteroatoms. The van der Waals surface area contributed by atoms with Crippen molar-refractivity contribution in [3.8, 4) is 0 Å². The van der Waals surface area contributed by atoms with E-state index < -0.39 is 5.60 Å². The van der Waals surface area contributed by atoms with Gasteiger partial charge in [0.25, 0.3) is 0 Å². The average molecular weight is 304 g/mol. The van der Waals surface area contributed by atoms with E-state index in [1.54, 1.807) is 29.4 Å². The number of ketones is 1. The minimum Gasteiger partial charge on any atom is -0.444 e. The molecule has 0 N–H and O–H groups in total. The number of aromatic nitrogens is 1. The molecule has 1 aromatic heterocycles. The van der Waals surface area contributed by atoms with Crippen LogP contribution in [0.1, 0.15) is 56.8 Å². The molecule has 0 radical (unpaired) electrons. The fourth-order valence-corrected chi connectivity index (χ4v) is 2.64. The third-order valence-electron chi connectivity index (χ3n) is 3.68. The van der Waals surface area contributed by atoms with Crippen LogP contribution in [0.5, 0.6) is 0 Å². The second kappa shape index (κ2) is 6.90. The normalized spacial score (nSPS) is 18.9. The van der Waals surface area contributed by atoms with E-state index in [1.165, 1.54) is 0 Å². The molecule has 1 saturated heterocycles. The number of likely N-dealkylation sites (tertiary alicyclic amines) is 1. The number of ether oxygens (including phenoxy) is 1. The number of hydrogen-bond acceptors (Lipinski definition) is 4. The van der Waals surface area contributed by atoms with Crippen LogP contribution in [-0.2, 0) is 4.74 Å². The minimum atomic E-state index is -0.520. The first-order chi connectivity index (χ1) is 10.4. The highest BCUT2D eigenvalue weighted by atomic mass is 16.6. The molecule has 1 aliphatic rings. The van der Waals surface area contributed by atoms with Crippen LogP contribution >= 0.6 is 0 Å². The van der Waals surface area contributed by atoms with Crippen molar-refractivity contribution in [3.05, 3.63) is 30.1 Å². The predicted molar refractivity (Wildman–Crippen MR) is 83.8 cm³/mol. The van der Waals surface area contributed by atoms with Gasteiger partial charge in [-0.25, -0.2) is 4.79 Å². The lowest BCUT2D eigenvalue weighted by Crippen LogP contribution is -2.46. The standard InChI is InChI=1S/C17H24N2O3/c1-17(2,3)22-16(21)19-11-5-4-6-14(19)12-15(20)13-7-9-18-10-8-13/h7-10,14H,4-6,11-12H2,1-3H3. The first-order valence-corrected chi connectivity index (χ1v) is 7.79. The van der Waals surface area contributed by atoms with Crippen LogP contribution in [0.15, 0.2) is 24.5 Å². The largest absolute Gasteiger partial charge is 0.444 e. The molecule has 1 unspecified atom stereocenters. The Bertz CT molecular complexity index is 522. The van der Waals surface area contributed by atoms with E-state index >= 15 is 0 Å². The number of piperidine rings is 1. The Hall–Kier alpha value is -1.91. The highest BCUT2D eigenvalue weighted by Gasteiger charge is 2.31. The van der Waals surface area contributed by atoms with Crippen molar-refractivity contribution in [2.75, 3.05) is 6.54 Å². The zero-order valence-corrected chi connectivity index (χ0v) is 13.5. The lowest BCUT2D eigenvalue weighted by Gasteiger charge is -2.36. The predicted octanol–water partition coefficient (Wildman–Crippen LogP) is 3.44. The average Bonchev–Trinajstić information content (AvgIpc) is 2.47. The number of nitrogens with zero attached hydrogens (tertiary/aromatic N) is 2. The van der Waals surface area contributed by atoms with Crippen LogP contribution in [-0.4, -0.2) is 39.9 Å². The lowest BCUT2D eigenvalue weighted by molar-refractivity contribution is 0.00946. The third-order valence-corrected chi connectivity index (χ3v) is 3.68. The summed E-state index contributed by atoms with van der Waals surface area (Å²) < 4.78 is 5.46. The molecule has 22 heavy (non-hydrogen) atoms. The maximum atomic E-state index is 12.4. The highest BCUT2D eigenvalue weighted by molar-refractivity contribution is 5.96.